The second-order valence-electron chi connectivity index (χ2n) is 3.60. The van der Waals surface area contributed by atoms with Crippen molar-refractivity contribution in [2.24, 2.45) is 0 Å². The molecule has 5 nitrogen and oxygen atoms in total. The molecule has 0 amide bonds. The van der Waals surface area contributed by atoms with Crippen molar-refractivity contribution in [2.75, 3.05) is 39.5 Å². The number of carbonyl (C=O) groups is 1. The number of rotatable bonds is 6. The third-order valence-corrected chi connectivity index (χ3v) is 2.32. The molecule has 1 atom stereocenters. The summed E-state index contributed by atoms with van der Waals surface area (Å²) in [5.41, 5.74) is 0. The van der Waals surface area contributed by atoms with E-state index in [4.69, 9.17) is 9.47 Å². The van der Waals surface area contributed by atoms with Crippen molar-refractivity contribution in [3.8, 4) is 0 Å². The van der Waals surface area contributed by atoms with Crippen LogP contribution in [0.4, 0.5) is 0 Å². The minimum Gasteiger partial charge on any atom is -0.464 e. The Kier molecular flexibility index (Phi) is 5.60. The molecule has 0 spiro atoms. The van der Waals surface area contributed by atoms with Crippen LogP contribution < -0.4 is 0 Å². The fraction of sp³-hybridized carbons (Fsp3) is 0.900. The van der Waals surface area contributed by atoms with E-state index in [2.05, 4.69) is 4.90 Å². The summed E-state index contributed by atoms with van der Waals surface area (Å²) in [5, 5.41) is 9.26. The normalized spacial score (nSPS) is 21.9. The van der Waals surface area contributed by atoms with Gasteiger partial charge in [0.2, 0.25) is 0 Å². The molecule has 1 heterocycles. The number of aliphatic hydroxyl groups excluding tert-OH is 1. The standard InChI is InChI=1S/C10H19NO4/c1-2-15-10(13)8-14-6-5-11-4-3-9(12)7-11/h9,12H,2-8H2,1H3. The molecule has 1 saturated heterocycles. The maximum atomic E-state index is 10.9. The summed E-state index contributed by atoms with van der Waals surface area (Å²) in [4.78, 5) is 13.0. The van der Waals surface area contributed by atoms with E-state index in [0.29, 0.717) is 19.8 Å². The molecule has 1 aliphatic rings. The summed E-state index contributed by atoms with van der Waals surface area (Å²) in [5.74, 6) is -0.320. The van der Waals surface area contributed by atoms with Crippen LogP contribution >= 0.6 is 0 Å². The highest BCUT2D eigenvalue weighted by Crippen LogP contribution is 2.07. The molecule has 88 valence electrons. The van der Waals surface area contributed by atoms with Gasteiger partial charge in [-0.3, -0.25) is 4.90 Å². The number of nitrogens with zero attached hydrogens (tertiary/aromatic N) is 1. The Morgan fingerprint density at radius 2 is 2.40 bits per heavy atom. The van der Waals surface area contributed by atoms with Crippen molar-refractivity contribution in [3.63, 3.8) is 0 Å². The van der Waals surface area contributed by atoms with Gasteiger partial charge in [0.15, 0.2) is 0 Å². The van der Waals surface area contributed by atoms with Crippen LogP contribution in [0.2, 0.25) is 0 Å². The molecule has 15 heavy (non-hydrogen) atoms. The lowest BCUT2D eigenvalue weighted by Crippen LogP contribution is -2.27. The lowest BCUT2D eigenvalue weighted by molar-refractivity contribution is -0.148. The summed E-state index contributed by atoms with van der Waals surface area (Å²) in [6.07, 6.45) is 0.632. The SMILES string of the molecule is CCOC(=O)COCCN1CCC(O)C1. The van der Waals surface area contributed by atoms with Gasteiger partial charge in [-0.25, -0.2) is 4.79 Å². The highest BCUT2D eigenvalue weighted by molar-refractivity contribution is 5.70. The first-order chi connectivity index (χ1) is 7.22. The minimum absolute atomic E-state index is 0.0181. The fourth-order valence-electron chi connectivity index (χ4n) is 1.57. The largest absolute Gasteiger partial charge is 0.464 e. The molecular formula is C10H19NO4. The number of β-amino-alcohol motifs (C(OH)–C–C–N with tert-alkyl or cyclic N) is 1. The van der Waals surface area contributed by atoms with E-state index in [1.165, 1.54) is 0 Å². The van der Waals surface area contributed by atoms with Crippen LogP contribution in [0.5, 0.6) is 0 Å². The van der Waals surface area contributed by atoms with Crippen LogP contribution in [0.25, 0.3) is 0 Å². The van der Waals surface area contributed by atoms with Crippen LogP contribution in [0, 0.1) is 0 Å². The summed E-state index contributed by atoms with van der Waals surface area (Å²) >= 11 is 0. The van der Waals surface area contributed by atoms with E-state index in [-0.39, 0.29) is 18.7 Å². The Morgan fingerprint density at radius 3 is 3.00 bits per heavy atom. The molecule has 1 unspecified atom stereocenters. The predicted octanol–water partition coefficient (Wildman–Crippen LogP) is -0.367. The van der Waals surface area contributed by atoms with Crippen molar-refractivity contribution in [3.05, 3.63) is 0 Å². The van der Waals surface area contributed by atoms with Gasteiger partial charge in [-0.2, -0.15) is 0 Å². The molecule has 1 rings (SSSR count). The Labute approximate surface area is 90.0 Å². The molecule has 0 aromatic carbocycles. The first kappa shape index (κ1) is 12.4. The quantitative estimate of drug-likeness (QED) is 0.486. The molecule has 5 heteroatoms. The van der Waals surface area contributed by atoms with Gasteiger partial charge < -0.3 is 14.6 Å². The fourth-order valence-corrected chi connectivity index (χ4v) is 1.57. The molecule has 0 bridgehead atoms. The average Bonchev–Trinajstić information content (AvgIpc) is 2.60. The molecule has 0 saturated carbocycles. The van der Waals surface area contributed by atoms with Crippen LogP contribution in [0.15, 0.2) is 0 Å². The van der Waals surface area contributed by atoms with E-state index >= 15 is 0 Å². The zero-order valence-corrected chi connectivity index (χ0v) is 9.15. The van der Waals surface area contributed by atoms with Gasteiger partial charge in [-0.15, -0.1) is 0 Å². The number of carbonyl (C=O) groups excluding carboxylic acids is 1. The number of esters is 1. The van der Waals surface area contributed by atoms with Gasteiger partial charge in [-0.05, 0) is 13.3 Å². The van der Waals surface area contributed by atoms with Crippen molar-refractivity contribution in [1.82, 2.24) is 4.90 Å². The van der Waals surface area contributed by atoms with E-state index < -0.39 is 0 Å². The number of likely N-dealkylation sites (tertiary alicyclic amines) is 1. The third-order valence-electron chi connectivity index (χ3n) is 2.32. The highest BCUT2D eigenvalue weighted by Gasteiger charge is 2.19. The lowest BCUT2D eigenvalue weighted by atomic mass is 10.3. The monoisotopic (exact) mass is 217 g/mol. The van der Waals surface area contributed by atoms with Crippen molar-refractivity contribution >= 4 is 5.97 Å². The van der Waals surface area contributed by atoms with Crippen LogP contribution in [0.3, 0.4) is 0 Å². The maximum absolute atomic E-state index is 10.9. The Bertz CT molecular complexity index is 198. The molecule has 0 aromatic heterocycles. The summed E-state index contributed by atoms with van der Waals surface area (Å²) in [6.45, 7) is 5.06. The Morgan fingerprint density at radius 1 is 1.60 bits per heavy atom. The molecular weight excluding hydrogens is 198 g/mol. The first-order valence-corrected chi connectivity index (χ1v) is 5.36. The van der Waals surface area contributed by atoms with Crippen molar-refractivity contribution < 1.29 is 19.4 Å². The van der Waals surface area contributed by atoms with Crippen LogP contribution in [0.1, 0.15) is 13.3 Å². The predicted molar refractivity (Wildman–Crippen MR) is 54.5 cm³/mol. The van der Waals surface area contributed by atoms with Crippen LogP contribution in [-0.2, 0) is 14.3 Å². The highest BCUT2D eigenvalue weighted by atomic mass is 16.6. The molecule has 1 fully saturated rings. The smallest absolute Gasteiger partial charge is 0.332 e. The number of ether oxygens (including phenoxy) is 2. The van der Waals surface area contributed by atoms with Crippen molar-refractivity contribution in [1.29, 1.82) is 0 Å². The molecule has 1 aliphatic heterocycles. The summed E-state index contributed by atoms with van der Waals surface area (Å²) in [6, 6.07) is 0. The lowest BCUT2D eigenvalue weighted by Gasteiger charge is -2.14. The van der Waals surface area contributed by atoms with Gasteiger partial charge in [0, 0.05) is 19.6 Å². The topological polar surface area (TPSA) is 59.0 Å². The van der Waals surface area contributed by atoms with Gasteiger partial charge in [0.1, 0.15) is 6.61 Å². The third kappa shape index (κ3) is 5.11. The van der Waals surface area contributed by atoms with E-state index in [0.717, 1.165) is 19.5 Å². The second-order valence-corrected chi connectivity index (χ2v) is 3.60. The van der Waals surface area contributed by atoms with Gasteiger partial charge in [-0.1, -0.05) is 0 Å². The first-order valence-electron chi connectivity index (χ1n) is 5.36. The minimum atomic E-state index is -0.320. The van der Waals surface area contributed by atoms with Crippen molar-refractivity contribution in [2.45, 2.75) is 19.4 Å². The molecule has 1 N–H and O–H groups in total. The summed E-state index contributed by atoms with van der Waals surface area (Å²) in [7, 11) is 0. The van der Waals surface area contributed by atoms with Gasteiger partial charge in [0.25, 0.3) is 0 Å². The van der Waals surface area contributed by atoms with Crippen LogP contribution in [-0.4, -0.2) is 61.5 Å². The number of hydrogen-bond donors (Lipinski definition) is 1. The Hall–Kier alpha value is -0.650. The summed E-state index contributed by atoms with van der Waals surface area (Å²) < 4.78 is 9.86. The van der Waals surface area contributed by atoms with E-state index in [1.807, 2.05) is 0 Å². The zero-order valence-electron chi connectivity index (χ0n) is 9.15. The average molecular weight is 217 g/mol. The van der Waals surface area contributed by atoms with Gasteiger partial charge >= 0.3 is 5.97 Å². The second kappa shape index (κ2) is 6.76. The zero-order chi connectivity index (χ0) is 11.1. The van der Waals surface area contributed by atoms with E-state index in [9.17, 15) is 9.90 Å². The van der Waals surface area contributed by atoms with Gasteiger partial charge in [0.05, 0.1) is 19.3 Å². The van der Waals surface area contributed by atoms with E-state index in [1.54, 1.807) is 6.92 Å². The molecule has 0 radical (unpaired) electrons. The number of hydrogen-bond acceptors (Lipinski definition) is 5. The number of aliphatic hydroxyl groups is 1. The molecule has 0 aliphatic carbocycles. The maximum Gasteiger partial charge on any atom is 0.332 e. The Balaban J connectivity index is 1.95. The molecule has 0 aromatic rings.